The molecule has 2 saturated heterocycles. The minimum absolute atomic E-state index is 0.000275. The molecule has 3 aliphatic heterocycles. The van der Waals surface area contributed by atoms with Crippen molar-refractivity contribution in [3.63, 3.8) is 0 Å². The number of aliphatic hydroxyl groups is 1. The molecule has 2 fully saturated rings. The first-order valence-electron chi connectivity index (χ1n) is 8.13. The number of fused-ring (bicyclic) bond motifs is 1. The highest BCUT2D eigenvalue weighted by atomic mass is 32.2. The number of carbonyl (C=O) groups is 3. The molecule has 8 nitrogen and oxygen atoms in total. The number of nitrogens with one attached hydrogen (secondary N) is 1. The zero-order valence-corrected chi connectivity index (χ0v) is 14.4. The van der Waals surface area contributed by atoms with E-state index in [0.717, 1.165) is 12.8 Å². The second-order valence-corrected chi connectivity index (χ2v) is 7.26. The Kier molecular flexibility index (Phi) is 5.33. The van der Waals surface area contributed by atoms with Crippen molar-refractivity contribution in [2.24, 2.45) is 5.92 Å². The summed E-state index contributed by atoms with van der Waals surface area (Å²) in [6.07, 6.45) is 3.11. The first kappa shape index (κ1) is 17.8. The van der Waals surface area contributed by atoms with E-state index in [4.69, 9.17) is 9.47 Å². The molecule has 9 heteroatoms. The van der Waals surface area contributed by atoms with Gasteiger partial charge in [-0.3, -0.25) is 14.5 Å². The maximum absolute atomic E-state index is 12.2. The van der Waals surface area contributed by atoms with Gasteiger partial charge in [-0.2, -0.15) is 0 Å². The highest BCUT2D eigenvalue weighted by Crippen LogP contribution is 2.51. The lowest BCUT2D eigenvalue weighted by molar-refractivity contribution is -0.152. The van der Waals surface area contributed by atoms with Gasteiger partial charge in [0.05, 0.1) is 17.4 Å². The minimum Gasteiger partial charge on any atom is -0.430 e. The summed E-state index contributed by atoms with van der Waals surface area (Å²) < 4.78 is 10.1. The number of amides is 2. The van der Waals surface area contributed by atoms with Crippen molar-refractivity contribution in [2.75, 3.05) is 13.2 Å². The van der Waals surface area contributed by atoms with Gasteiger partial charge in [0.15, 0.2) is 0 Å². The van der Waals surface area contributed by atoms with E-state index in [1.54, 1.807) is 0 Å². The Hall–Kier alpha value is -2.00. The fourth-order valence-electron chi connectivity index (χ4n) is 3.11. The van der Waals surface area contributed by atoms with Crippen molar-refractivity contribution in [1.82, 2.24) is 10.2 Å². The number of hydrogen-bond donors (Lipinski definition) is 2. The van der Waals surface area contributed by atoms with Gasteiger partial charge >= 0.3 is 6.16 Å². The topological polar surface area (TPSA) is 105 Å². The first-order valence-corrected chi connectivity index (χ1v) is 9.01. The van der Waals surface area contributed by atoms with E-state index < -0.39 is 12.1 Å². The molecule has 3 aliphatic rings. The molecule has 0 spiro atoms. The minimum atomic E-state index is -0.915. The van der Waals surface area contributed by atoms with Gasteiger partial charge in [-0.15, -0.1) is 0 Å². The number of thioether (sulfide) groups is 1. The van der Waals surface area contributed by atoms with Crippen molar-refractivity contribution >= 4 is 29.7 Å². The van der Waals surface area contributed by atoms with Crippen LogP contribution >= 0.6 is 11.8 Å². The third-order valence-corrected chi connectivity index (χ3v) is 5.73. The van der Waals surface area contributed by atoms with Gasteiger partial charge in [-0.25, -0.2) is 4.79 Å². The maximum atomic E-state index is 12.2. The van der Waals surface area contributed by atoms with Gasteiger partial charge in [0.2, 0.25) is 17.7 Å². The van der Waals surface area contributed by atoms with Crippen LogP contribution in [0, 0.1) is 5.92 Å². The lowest BCUT2D eigenvalue weighted by Crippen LogP contribution is -2.58. The molecule has 25 heavy (non-hydrogen) atoms. The van der Waals surface area contributed by atoms with Crippen molar-refractivity contribution < 1.29 is 29.0 Å². The normalized spacial score (nSPS) is 28.2. The zero-order valence-electron chi connectivity index (χ0n) is 13.6. The summed E-state index contributed by atoms with van der Waals surface area (Å²) in [6.45, 7) is 3.20. The molecule has 0 aromatic rings. The molecule has 3 heterocycles. The van der Waals surface area contributed by atoms with E-state index >= 15 is 0 Å². The Balaban J connectivity index is 1.75. The molecule has 2 amide bonds. The molecule has 0 aromatic heterocycles. The fourth-order valence-corrected chi connectivity index (χ4v) is 4.61. The second kappa shape index (κ2) is 7.49. The number of nitrogens with zero attached hydrogens (tertiary/aromatic N) is 1. The van der Waals surface area contributed by atoms with Crippen LogP contribution in [0.5, 0.6) is 0 Å². The van der Waals surface area contributed by atoms with Gasteiger partial charge in [-0.05, 0) is 12.8 Å². The van der Waals surface area contributed by atoms with Gasteiger partial charge < -0.3 is 19.9 Å². The third-order valence-electron chi connectivity index (χ3n) is 4.32. The van der Waals surface area contributed by atoms with E-state index in [-0.39, 0.29) is 42.3 Å². The van der Waals surface area contributed by atoms with Crippen molar-refractivity contribution in [3.8, 4) is 0 Å². The van der Waals surface area contributed by atoms with Crippen LogP contribution in [-0.4, -0.2) is 52.6 Å². The Morgan fingerprint density at radius 1 is 1.48 bits per heavy atom. The summed E-state index contributed by atoms with van der Waals surface area (Å²) in [5.74, 6) is -0.640. The van der Waals surface area contributed by atoms with E-state index in [1.165, 1.54) is 22.7 Å². The van der Waals surface area contributed by atoms with Crippen LogP contribution in [0.15, 0.2) is 23.4 Å². The number of hydrogen-bond acceptors (Lipinski definition) is 7. The summed E-state index contributed by atoms with van der Waals surface area (Å²) in [7, 11) is 0. The average Bonchev–Trinajstić information content (AvgIpc) is 2.87. The number of piperidine rings is 1. The smallest absolute Gasteiger partial charge is 0.430 e. The molecule has 0 bridgehead atoms. The highest BCUT2D eigenvalue weighted by Gasteiger charge is 2.55. The molecular weight excluding hydrogens is 348 g/mol. The highest BCUT2D eigenvalue weighted by molar-refractivity contribution is 8.04. The van der Waals surface area contributed by atoms with Crippen LogP contribution < -0.4 is 5.32 Å². The van der Waals surface area contributed by atoms with E-state index in [9.17, 15) is 19.5 Å². The van der Waals surface area contributed by atoms with E-state index in [1.807, 2.05) is 0 Å². The summed E-state index contributed by atoms with van der Waals surface area (Å²) >= 11 is 1.39. The molecule has 3 atom stereocenters. The van der Waals surface area contributed by atoms with Crippen molar-refractivity contribution in [3.05, 3.63) is 23.4 Å². The lowest BCUT2D eigenvalue weighted by atomic mass is 9.99. The standard InChI is InChI=1S/C16H20N2O6S/c1-2-6-23-16(22)24-14-11(7-9-4-3-5-12(20)17-9)25-15-10(8-19)13(21)18(14)15/h2,9-10,15,19H,1,3-8H2,(H,17,20)/t9-,10-,15+/m0/s1. The quantitative estimate of drug-likeness (QED) is 0.410. The Morgan fingerprint density at radius 3 is 2.96 bits per heavy atom. The summed E-state index contributed by atoms with van der Waals surface area (Å²) in [6, 6.07) is -0.0621. The Labute approximate surface area is 149 Å². The molecule has 2 N–H and O–H groups in total. The van der Waals surface area contributed by atoms with Crippen LogP contribution in [0.25, 0.3) is 0 Å². The predicted molar refractivity (Wildman–Crippen MR) is 88.9 cm³/mol. The number of carbonyl (C=O) groups excluding carboxylic acids is 3. The SMILES string of the molecule is C=CCOC(=O)OC1=C(C[C@@H]2CCCC(=O)N2)S[C@@H]2[C@@H](CO)C(=O)N12. The van der Waals surface area contributed by atoms with Crippen LogP contribution in [0.4, 0.5) is 4.79 Å². The third kappa shape index (κ3) is 3.52. The van der Waals surface area contributed by atoms with Gasteiger partial charge in [0.1, 0.15) is 12.0 Å². The molecule has 0 saturated carbocycles. The molecule has 0 aliphatic carbocycles. The first-order chi connectivity index (χ1) is 12.0. The largest absolute Gasteiger partial charge is 0.515 e. The monoisotopic (exact) mass is 368 g/mol. The molecular formula is C16H20N2O6S. The van der Waals surface area contributed by atoms with Crippen LogP contribution in [0.1, 0.15) is 25.7 Å². The van der Waals surface area contributed by atoms with Gasteiger partial charge in [0, 0.05) is 18.9 Å². The molecule has 136 valence electrons. The maximum Gasteiger partial charge on any atom is 0.515 e. The summed E-state index contributed by atoms with van der Waals surface area (Å²) in [4.78, 5) is 37.6. The number of rotatable bonds is 6. The van der Waals surface area contributed by atoms with Crippen molar-refractivity contribution in [2.45, 2.75) is 37.1 Å². The van der Waals surface area contributed by atoms with E-state index in [2.05, 4.69) is 11.9 Å². The van der Waals surface area contributed by atoms with Crippen LogP contribution in [0.2, 0.25) is 0 Å². The summed E-state index contributed by atoms with van der Waals surface area (Å²) in [5.41, 5.74) is 0. The van der Waals surface area contributed by atoms with Crippen molar-refractivity contribution in [1.29, 1.82) is 0 Å². The van der Waals surface area contributed by atoms with Gasteiger partial charge in [0.25, 0.3) is 0 Å². The number of β-lactam (4-membered cyclic amide) rings is 1. The van der Waals surface area contributed by atoms with Gasteiger partial charge in [-0.1, -0.05) is 24.4 Å². The predicted octanol–water partition coefficient (Wildman–Crippen LogP) is 1.08. The number of aliphatic hydroxyl groups excluding tert-OH is 1. The van der Waals surface area contributed by atoms with Crippen LogP contribution in [0.3, 0.4) is 0 Å². The van der Waals surface area contributed by atoms with Crippen LogP contribution in [-0.2, 0) is 19.1 Å². The zero-order chi connectivity index (χ0) is 18.0. The molecule has 0 unspecified atom stereocenters. The molecule has 0 radical (unpaired) electrons. The fraction of sp³-hybridized carbons (Fsp3) is 0.562. The molecule has 0 aromatic carbocycles. The second-order valence-electron chi connectivity index (χ2n) is 6.05. The summed E-state index contributed by atoms with van der Waals surface area (Å²) in [5, 5.41) is 12.0. The average molecular weight is 368 g/mol. The Bertz CT molecular complexity index is 634. The van der Waals surface area contributed by atoms with E-state index in [0.29, 0.717) is 17.7 Å². The number of ether oxygens (including phenoxy) is 2. The lowest BCUT2D eigenvalue weighted by Gasteiger charge is -2.40. The molecule has 3 rings (SSSR count). The Morgan fingerprint density at radius 2 is 2.28 bits per heavy atom.